The molecule has 0 aromatic rings. The van der Waals surface area contributed by atoms with Gasteiger partial charge in [0.1, 0.15) is 0 Å². The van der Waals surface area contributed by atoms with Crippen molar-refractivity contribution in [3.05, 3.63) is 0 Å². The van der Waals surface area contributed by atoms with Crippen molar-refractivity contribution in [3.8, 4) is 0 Å². The Labute approximate surface area is 86.2 Å². The van der Waals surface area contributed by atoms with Crippen LogP contribution in [0.4, 0.5) is 0 Å². The van der Waals surface area contributed by atoms with Crippen molar-refractivity contribution in [2.75, 3.05) is 7.05 Å². The second-order valence-electron chi connectivity index (χ2n) is 4.27. The van der Waals surface area contributed by atoms with Gasteiger partial charge in [0.2, 0.25) is 0 Å². The highest BCUT2D eigenvalue weighted by Crippen LogP contribution is 2.13. The Bertz CT molecular complexity index is 193. The maximum absolute atomic E-state index is 11.6. The molecule has 0 aliphatic heterocycles. The molecule has 4 nitrogen and oxygen atoms in total. The Hall–Kier alpha value is -0.610. The van der Waals surface area contributed by atoms with Gasteiger partial charge in [0.15, 0.2) is 5.66 Å². The molecule has 3 N–H and O–H groups in total. The number of nitrogens with two attached hydrogens (primary N) is 1. The molecule has 0 rings (SSSR count). The number of hydrogen-bond acceptors (Lipinski definition) is 4. The van der Waals surface area contributed by atoms with Crippen LogP contribution in [0.15, 0.2) is 0 Å². The Kier molecular flexibility index (Phi) is 5.08. The van der Waals surface area contributed by atoms with Crippen molar-refractivity contribution >= 4 is 5.97 Å². The van der Waals surface area contributed by atoms with Crippen molar-refractivity contribution < 1.29 is 9.53 Å². The first-order valence-corrected chi connectivity index (χ1v) is 5.00. The average molecular weight is 202 g/mol. The number of ether oxygens (including phenoxy) is 1. The quantitative estimate of drug-likeness (QED) is 0.512. The molecule has 0 aromatic heterocycles. The van der Waals surface area contributed by atoms with E-state index in [1.807, 2.05) is 27.7 Å². The molecule has 0 heterocycles. The summed E-state index contributed by atoms with van der Waals surface area (Å²) in [6.45, 7) is 7.65. The maximum atomic E-state index is 11.6. The van der Waals surface area contributed by atoms with E-state index in [-0.39, 0.29) is 12.1 Å². The van der Waals surface area contributed by atoms with E-state index in [0.29, 0.717) is 12.3 Å². The second kappa shape index (κ2) is 5.32. The lowest BCUT2D eigenvalue weighted by molar-refractivity contribution is -0.156. The van der Waals surface area contributed by atoms with Crippen LogP contribution in [0.25, 0.3) is 0 Å². The summed E-state index contributed by atoms with van der Waals surface area (Å²) in [6.07, 6.45) is 0.431. The van der Waals surface area contributed by atoms with E-state index in [0.717, 1.165) is 0 Å². The van der Waals surface area contributed by atoms with Gasteiger partial charge in [-0.1, -0.05) is 13.8 Å². The maximum Gasteiger partial charge on any atom is 0.341 e. The predicted octanol–water partition coefficient (Wildman–Crippen LogP) is 0.858. The van der Waals surface area contributed by atoms with Crippen LogP contribution in [0.1, 0.15) is 34.1 Å². The lowest BCUT2D eigenvalue weighted by atomic mass is 9.98. The summed E-state index contributed by atoms with van der Waals surface area (Å²) in [4.78, 5) is 11.6. The van der Waals surface area contributed by atoms with Gasteiger partial charge in [-0.3, -0.25) is 5.32 Å². The minimum Gasteiger partial charge on any atom is -0.461 e. The van der Waals surface area contributed by atoms with E-state index in [1.54, 1.807) is 7.05 Å². The number of carbonyl (C=O) groups excluding carboxylic acids is 1. The van der Waals surface area contributed by atoms with Crippen LogP contribution >= 0.6 is 0 Å². The van der Waals surface area contributed by atoms with Gasteiger partial charge in [0, 0.05) is 0 Å². The predicted molar refractivity (Wildman–Crippen MR) is 56.7 cm³/mol. The molecule has 14 heavy (non-hydrogen) atoms. The summed E-state index contributed by atoms with van der Waals surface area (Å²) >= 11 is 0. The zero-order valence-electron chi connectivity index (χ0n) is 9.76. The van der Waals surface area contributed by atoms with E-state index >= 15 is 0 Å². The lowest BCUT2D eigenvalue weighted by Crippen LogP contribution is -2.60. The third-order valence-electron chi connectivity index (χ3n) is 1.88. The number of hydrogen-bond donors (Lipinski definition) is 2. The van der Waals surface area contributed by atoms with Crippen molar-refractivity contribution in [1.82, 2.24) is 5.32 Å². The van der Waals surface area contributed by atoms with Crippen LogP contribution < -0.4 is 11.1 Å². The molecule has 0 spiro atoms. The highest BCUT2D eigenvalue weighted by Gasteiger charge is 2.35. The highest BCUT2D eigenvalue weighted by atomic mass is 16.5. The number of likely N-dealkylation sites (N-methyl/N-ethyl adjacent to an activating group) is 1. The molecule has 0 aromatic carbocycles. The van der Waals surface area contributed by atoms with Gasteiger partial charge in [-0.05, 0) is 33.2 Å². The molecule has 0 bridgehead atoms. The summed E-state index contributed by atoms with van der Waals surface area (Å²) in [5.41, 5.74) is 4.85. The van der Waals surface area contributed by atoms with Crippen LogP contribution in [0.2, 0.25) is 0 Å². The molecule has 0 saturated heterocycles. The molecule has 0 unspecified atom stereocenters. The van der Waals surface area contributed by atoms with E-state index in [9.17, 15) is 4.79 Å². The van der Waals surface area contributed by atoms with Crippen molar-refractivity contribution in [2.24, 2.45) is 11.7 Å². The van der Waals surface area contributed by atoms with Crippen LogP contribution in [-0.4, -0.2) is 24.8 Å². The molecular weight excluding hydrogens is 180 g/mol. The van der Waals surface area contributed by atoms with Crippen molar-refractivity contribution in [2.45, 2.75) is 45.9 Å². The summed E-state index contributed by atoms with van der Waals surface area (Å²) < 4.78 is 5.08. The molecule has 84 valence electrons. The minimum absolute atomic E-state index is 0.133. The van der Waals surface area contributed by atoms with Crippen LogP contribution in [-0.2, 0) is 9.53 Å². The third-order valence-corrected chi connectivity index (χ3v) is 1.88. The fraction of sp³-hybridized carbons (Fsp3) is 0.900. The Morgan fingerprint density at radius 3 is 2.21 bits per heavy atom. The molecule has 0 fully saturated rings. The van der Waals surface area contributed by atoms with E-state index in [1.165, 1.54) is 0 Å². The highest BCUT2D eigenvalue weighted by molar-refractivity contribution is 5.80. The molecule has 4 heteroatoms. The number of rotatable bonds is 5. The molecule has 0 saturated carbocycles. The summed E-state index contributed by atoms with van der Waals surface area (Å²) in [6, 6.07) is 0. The van der Waals surface area contributed by atoms with Crippen molar-refractivity contribution in [1.29, 1.82) is 0 Å². The first-order valence-electron chi connectivity index (χ1n) is 5.00. The first kappa shape index (κ1) is 13.4. The zero-order chi connectivity index (χ0) is 11.4. The van der Waals surface area contributed by atoms with E-state index < -0.39 is 5.66 Å². The molecule has 0 aliphatic carbocycles. The SMILES string of the molecule is CN[C@](N)(CC(C)C)C(=O)OC(C)C. The monoisotopic (exact) mass is 202 g/mol. The smallest absolute Gasteiger partial charge is 0.341 e. The molecular formula is C10H22N2O2. The Balaban J connectivity index is 4.43. The fourth-order valence-electron chi connectivity index (χ4n) is 1.25. The standard InChI is InChI=1S/C10H22N2O2/c1-7(2)6-10(11,12-5)9(13)14-8(3)4/h7-8,12H,6,11H2,1-5H3/t10-/m1/s1. The minimum atomic E-state index is -1.06. The topological polar surface area (TPSA) is 64.3 Å². The first-order chi connectivity index (χ1) is 6.31. The van der Waals surface area contributed by atoms with E-state index in [2.05, 4.69) is 5.32 Å². The average Bonchev–Trinajstić information content (AvgIpc) is 2.01. The molecule has 0 aliphatic rings. The van der Waals surface area contributed by atoms with Gasteiger partial charge in [-0.25, -0.2) is 4.79 Å². The normalized spacial score (nSPS) is 15.7. The zero-order valence-corrected chi connectivity index (χ0v) is 9.76. The largest absolute Gasteiger partial charge is 0.461 e. The van der Waals surface area contributed by atoms with Gasteiger partial charge in [-0.2, -0.15) is 0 Å². The summed E-state index contributed by atoms with van der Waals surface area (Å²) in [5.74, 6) is -0.0455. The van der Waals surface area contributed by atoms with Crippen LogP contribution in [0.3, 0.4) is 0 Å². The molecule has 0 radical (unpaired) electrons. The van der Waals surface area contributed by atoms with Gasteiger partial charge in [0.05, 0.1) is 6.10 Å². The van der Waals surface area contributed by atoms with Gasteiger partial charge in [-0.15, -0.1) is 0 Å². The van der Waals surface area contributed by atoms with E-state index in [4.69, 9.17) is 10.5 Å². The lowest BCUT2D eigenvalue weighted by Gasteiger charge is -2.29. The number of carbonyl (C=O) groups is 1. The number of esters is 1. The fourth-order valence-corrected chi connectivity index (χ4v) is 1.25. The number of nitrogens with one attached hydrogen (secondary N) is 1. The van der Waals surface area contributed by atoms with Gasteiger partial charge >= 0.3 is 5.97 Å². The third kappa shape index (κ3) is 4.07. The van der Waals surface area contributed by atoms with Gasteiger partial charge < -0.3 is 10.5 Å². The van der Waals surface area contributed by atoms with Crippen LogP contribution in [0.5, 0.6) is 0 Å². The Morgan fingerprint density at radius 2 is 1.93 bits per heavy atom. The molecule has 0 amide bonds. The van der Waals surface area contributed by atoms with Gasteiger partial charge in [0.25, 0.3) is 0 Å². The summed E-state index contributed by atoms with van der Waals surface area (Å²) in [7, 11) is 1.67. The second-order valence-corrected chi connectivity index (χ2v) is 4.27. The molecule has 1 atom stereocenters. The Morgan fingerprint density at radius 1 is 1.43 bits per heavy atom. The van der Waals surface area contributed by atoms with Crippen molar-refractivity contribution in [3.63, 3.8) is 0 Å². The van der Waals surface area contributed by atoms with Crippen LogP contribution in [0, 0.1) is 5.92 Å². The summed E-state index contributed by atoms with van der Waals surface area (Å²) in [5, 5.41) is 2.82.